The van der Waals surface area contributed by atoms with Gasteiger partial charge in [0.1, 0.15) is 0 Å². The summed E-state index contributed by atoms with van der Waals surface area (Å²) in [6.07, 6.45) is 0. The number of ether oxygens (including phenoxy) is 1. The highest BCUT2D eigenvalue weighted by Crippen LogP contribution is 1.99. The van der Waals surface area contributed by atoms with Crippen molar-refractivity contribution < 1.29 is 44.3 Å². The standard InChI is InChI=1S/2C8H6O3.C4H10O3/c2*9-7(8(10)11)6-4-2-1-3-5-6;5-1-3-7-4-2-6/h2*1-5H,(H,10,11);5-6H,1-4H2. The number of aliphatic hydroxyl groups is 2. The van der Waals surface area contributed by atoms with Gasteiger partial charge in [-0.15, -0.1) is 0 Å². The van der Waals surface area contributed by atoms with E-state index in [-0.39, 0.29) is 24.3 Å². The number of carboxylic acids is 2. The highest BCUT2D eigenvalue weighted by Gasteiger charge is 2.13. The van der Waals surface area contributed by atoms with Crippen LogP contribution in [0.15, 0.2) is 60.7 Å². The number of carbonyl (C=O) groups is 4. The fourth-order valence-electron chi connectivity index (χ4n) is 1.66. The molecule has 0 aliphatic heterocycles. The molecule has 0 saturated carbocycles. The van der Waals surface area contributed by atoms with Crippen LogP contribution in [0.25, 0.3) is 0 Å². The number of aliphatic carboxylic acids is 2. The van der Waals surface area contributed by atoms with Gasteiger partial charge in [0.2, 0.25) is 0 Å². The first-order valence-corrected chi connectivity index (χ1v) is 8.29. The molecule has 0 fully saturated rings. The van der Waals surface area contributed by atoms with E-state index in [1.807, 2.05) is 0 Å². The SMILES string of the molecule is O=C(O)C(=O)c1ccccc1.O=C(O)C(=O)c1ccccc1.OCCOCCO. The smallest absolute Gasteiger partial charge is 0.377 e. The average molecular weight is 406 g/mol. The van der Waals surface area contributed by atoms with Crippen LogP contribution in [-0.4, -0.2) is 70.4 Å². The summed E-state index contributed by atoms with van der Waals surface area (Å²) >= 11 is 0. The van der Waals surface area contributed by atoms with Gasteiger partial charge in [0.05, 0.1) is 26.4 Å². The van der Waals surface area contributed by atoms with Crippen LogP contribution >= 0.6 is 0 Å². The maximum atomic E-state index is 10.7. The molecule has 0 bridgehead atoms. The Morgan fingerprint density at radius 2 is 0.931 bits per heavy atom. The molecule has 0 aliphatic carbocycles. The average Bonchev–Trinajstić information content (AvgIpc) is 2.75. The van der Waals surface area contributed by atoms with Crippen LogP contribution in [0.1, 0.15) is 20.7 Å². The number of benzene rings is 2. The third-order valence-corrected chi connectivity index (χ3v) is 2.93. The summed E-state index contributed by atoms with van der Waals surface area (Å²) in [5.41, 5.74) is 0.417. The van der Waals surface area contributed by atoms with E-state index in [0.717, 1.165) is 0 Å². The highest BCUT2D eigenvalue weighted by molar-refractivity contribution is 6.40. The number of rotatable bonds is 8. The predicted octanol–water partition coefficient (Wildman–Crippen LogP) is 0.895. The Bertz CT molecular complexity index is 693. The van der Waals surface area contributed by atoms with Crippen molar-refractivity contribution in [2.45, 2.75) is 0 Å². The molecule has 0 unspecified atom stereocenters. The molecule has 4 N–H and O–H groups in total. The maximum Gasteiger partial charge on any atom is 0.377 e. The van der Waals surface area contributed by atoms with E-state index in [0.29, 0.717) is 13.2 Å². The second-order valence-corrected chi connectivity index (χ2v) is 5.06. The molecule has 29 heavy (non-hydrogen) atoms. The summed E-state index contributed by atoms with van der Waals surface area (Å²) in [5.74, 6) is -4.58. The van der Waals surface area contributed by atoms with E-state index in [2.05, 4.69) is 4.74 Å². The number of hydrogen-bond acceptors (Lipinski definition) is 7. The third-order valence-electron chi connectivity index (χ3n) is 2.93. The Labute approximate surface area is 166 Å². The van der Waals surface area contributed by atoms with Crippen LogP contribution in [0.3, 0.4) is 0 Å². The van der Waals surface area contributed by atoms with Crippen molar-refractivity contribution in [2.75, 3.05) is 26.4 Å². The first-order valence-electron chi connectivity index (χ1n) is 8.29. The van der Waals surface area contributed by atoms with Crippen molar-refractivity contribution in [3.8, 4) is 0 Å². The van der Waals surface area contributed by atoms with Crippen LogP contribution < -0.4 is 0 Å². The number of hydrogen-bond donors (Lipinski definition) is 4. The number of Topliss-reactive ketones (excluding diaryl/α,β-unsaturated/α-hetero) is 2. The Morgan fingerprint density at radius 1 is 0.621 bits per heavy atom. The molecule has 0 radical (unpaired) electrons. The topological polar surface area (TPSA) is 158 Å². The predicted molar refractivity (Wildman–Crippen MR) is 102 cm³/mol. The molecule has 0 amide bonds. The zero-order valence-electron chi connectivity index (χ0n) is 15.4. The lowest BCUT2D eigenvalue weighted by Crippen LogP contribution is -2.12. The van der Waals surface area contributed by atoms with Crippen molar-refractivity contribution in [1.82, 2.24) is 0 Å². The minimum absolute atomic E-state index is 0.0278. The van der Waals surface area contributed by atoms with Gasteiger partial charge >= 0.3 is 11.9 Å². The Kier molecular flexibility index (Phi) is 13.8. The first kappa shape index (κ1) is 25.6. The lowest BCUT2D eigenvalue weighted by molar-refractivity contribution is -0.132. The summed E-state index contributed by atoms with van der Waals surface area (Å²) in [5, 5.41) is 32.7. The fourth-order valence-corrected chi connectivity index (χ4v) is 1.66. The van der Waals surface area contributed by atoms with Crippen molar-refractivity contribution in [3.63, 3.8) is 0 Å². The molecule has 0 spiro atoms. The Hall–Kier alpha value is -3.40. The molecular weight excluding hydrogens is 384 g/mol. The molecular formula is C20H22O9. The second-order valence-electron chi connectivity index (χ2n) is 5.06. The van der Waals surface area contributed by atoms with Gasteiger partial charge in [0.15, 0.2) is 0 Å². The zero-order chi connectivity index (χ0) is 22.1. The number of aliphatic hydroxyl groups excluding tert-OH is 2. The van der Waals surface area contributed by atoms with Gasteiger partial charge in [-0.3, -0.25) is 9.59 Å². The minimum Gasteiger partial charge on any atom is -0.475 e. The van der Waals surface area contributed by atoms with Crippen LogP contribution in [0.5, 0.6) is 0 Å². The zero-order valence-corrected chi connectivity index (χ0v) is 15.4. The van der Waals surface area contributed by atoms with E-state index in [1.54, 1.807) is 36.4 Å². The Balaban J connectivity index is 0.000000419. The van der Waals surface area contributed by atoms with Gasteiger partial charge < -0.3 is 25.2 Å². The summed E-state index contributed by atoms with van der Waals surface area (Å²) < 4.78 is 4.63. The van der Waals surface area contributed by atoms with E-state index in [9.17, 15) is 19.2 Å². The Morgan fingerprint density at radius 3 is 1.17 bits per heavy atom. The number of carbonyl (C=O) groups excluding carboxylic acids is 2. The monoisotopic (exact) mass is 406 g/mol. The fraction of sp³-hybridized carbons (Fsp3) is 0.200. The molecule has 9 nitrogen and oxygen atoms in total. The summed E-state index contributed by atoms with van der Waals surface area (Å²) in [4.78, 5) is 41.8. The van der Waals surface area contributed by atoms with E-state index in [4.69, 9.17) is 20.4 Å². The van der Waals surface area contributed by atoms with Gasteiger partial charge in [-0.25, -0.2) is 9.59 Å². The van der Waals surface area contributed by atoms with Crippen LogP contribution in [0, 0.1) is 0 Å². The normalized spacial score (nSPS) is 9.17. The van der Waals surface area contributed by atoms with Crippen LogP contribution in [0.2, 0.25) is 0 Å². The second kappa shape index (κ2) is 15.6. The van der Waals surface area contributed by atoms with Crippen molar-refractivity contribution in [3.05, 3.63) is 71.8 Å². The largest absolute Gasteiger partial charge is 0.475 e. The number of carboxylic acid groups (broad SMARTS) is 2. The highest BCUT2D eigenvalue weighted by atomic mass is 16.5. The lowest BCUT2D eigenvalue weighted by Gasteiger charge is -1.94. The lowest BCUT2D eigenvalue weighted by atomic mass is 10.1. The molecule has 2 rings (SSSR count). The van der Waals surface area contributed by atoms with Crippen molar-refractivity contribution in [2.24, 2.45) is 0 Å². The molecule has 0 saturated heterocycles. The van der Waals surface area contributed by atoms with E-state index < -0.39 is 23.5 Å². The molecule has 0 atom stereocenters. The molecule has 9 heteroatoms. The van der Waals surface area contributed by atoms with Gasteiger partial charge in [-0.2, -0.15) is 0 Å². The summed E-state index contributed by atoms with van der Waals surface area (Å²) in [7, 11) is 0. The first-order chi connectivity index (χ1) is 13.8. The molecule has 2 aromatic rings. The van der Waals surface area contributed by atoms with Crippen molar-refractivity contribution >= 4 is 23.5 Å². The van der Waals surface area contributed by atoms with Gasteiger partial charge in [0.25, 0.3) is 11.6 Å². The van der Waals surface area contributed by atoms with E-state index >= 15 is 0 Å². The molecule has 0 aliphatic rings. The van der Waals surface area contributed by atoms with Gasteiger partial charge in [0, 0.05) is 11.1 Å². The van der Waals surface area contributed by atoms with E-state index in [1.165, 1.54) is 24.3 Å². The number of ketones is 2. The molecule has 0 heterocycles. The van der Waals surface area contributed by atoms with Gasteiger partial charge in [-0.1, -0.05) is 60.7 Å². The quantitative estimate of drug-likeness (QED) is 0.284. The summed E-state index contributed by atoms with van der Waals surface area (Å²) in [6, 6.07) is 15.8. The van der Waals surface area contributed by atoms with Crippen LogP contribution in [0.4, 0.5) is 0 Å². The summed E-state index contributed by atoms with van der Waals surface area (Å²) in [6.45, 7) is 0.696. The van der Waals surface area contributed by atoms with Crippen molar-refractivity contribution in [1.29, 1.82) is 0 Å². The van der Waals surface area contributed by atoms with Gasteiger partial charge in [-0.05, 0) is 0 Å². The molecule has 2 aromatic carbocycles. The molecule has 0 aromatic heterocycles. The van der Waals surface area contributed by atoms with Crippen LogP contribution in [-0.2, 0) is 14.3 Å². The minimum atomic E-state index is -1.42. The maximum absolute atomic E-state index is 10.7. The third kappa shape index (κ3) is 11.8. The molecule has 156 valence electrons.